The lowest BCUT2D eigenvalue weighted by Crippen LogP contribution is -2.52. The first kappa shape index (κ1) is 19.5. The van der Waals surface area contributed by atoms with Crippen LogP contribution in [0, 0.1) is 5.92 Å². The van der Waals surface area contributed by atoms with Crippen molar-refractivity contribution in [2.75, 3.05) is 39.8 Å². The van der Waals surface area contributed by atoms with E-state index in [1.54, 1.807) is 0 Å². The van der Waals surface area contributed by atoms with E-state index in [1.807, 2.05) is 7.05 Å². The van der Waals surface area contributed by atoms with Gasteiger partial charge in [0.1, 0.15) is 0 Å². The molecule has 5 heteroatoms. The van der Waals surface area contributed by atoms with E-state index in [0.29, 0.717) is 18.1 Å². The van der Waals surface area contributed by atoms with Crippen LogP contribution < -0.4 is 10.6 Å². The molecule has 2 unspecified atom stereocenters. The van der Waals surface area contributed by atoms with Crippen molar-refractivity contribution in [2.24, 2.45) is 10.9 Å². The van der Waals surface area contributed by atoms with Crippen LogP contribution in [0.25, 0.3) is 0 Å². The van der Waals surface area contributed by atoms with E-state index < -0.39 is 0 Å². The van der Waals surface area contributed by atoms with Crippen LogP contribution in [0.3, 0.4) is 0 Å². The van der Waals surface area contributed by atoms with Crippen LogP contribution in [-0.4, -0.2) is 73.7 Å². The summed E-state index contributed by atoms with van der Waals surface area (Å²) in [6.07, 6.45) is 5.14. The molecule has 0 aliphatic carbocycles. The van der Waals surface area contributed by atoms with E-state index in [0.717, 1.165) is 18.4 Å². The summed E-state index contributed by atoms with van der Waals surface area (Å²) in [5.41, 5.74) is 0. The van der Waals surface area contributed by atoms with Crippen LogP contribution in [0.15, 0.2) is 4.99 Å². The Labute approximate surface area is 149 Å². The van der Waals surface area contributed by atoms with Crippen LogP contribution in [0.4, 0.5) is 0 Å². The maximum atomic E-state index is 4.43. The smallest absolute Gasteiger partial charge is 0.191 e. The Morgan fingerprint density at radius 3 is 2.38 bits per heavy atom. The second kappa shape index (κ2) is 9.62. The minimum absolute atomic E-state index is 0.552. The summed E-state index contributed by atoms with van der Waals surface area (Å²) < 4.78 is 0. The molecule has 2 fully saturated rings. The van der Waals surface area contributed by atoms with E-state index in [9.17, 15) is 0 Å². The van der Waals surface area contributed by atoms with Gasteiger partial charge in [-0.2, -0.15) is 0 Å². The fraction of sp³-hybridized carbons (Fsp3) is 0.947. The standard InChI is InChI=1S/C19H39N5/c1-15(2)23-11-8-18(9-12-23)22-19(20-5)21-13-17(4)24-10-6-7-16(3)14-24/h15-18H,6-14H2,1-5H3,(H2,20,21,22). The highest BCUT2D eigenvalue weighted by Gasteiger charge is 2.23. The highest BCUT2D eigenvalue weighted by Crippen LogP contribution is 2.17. The molecule has 2 atom stereocenters. The molecule has 0 bridgehead atoms. The number of aliphatic imine (C=N–C) groups is 1. The zero-order valence-electron chi connectivity index (χ0n) is 16.5. The molecule has 24 heavy (non-hydrogen) atoms. The van der Waals surface area contributed by atoms with Crippen molar-refractivity contribution in [3.8, 4) is 0 Å². The predicted octanol–water partition coefficient (Wildman–Crippen LogP) is 2.14. The lowest BCUT2D eigenvalue weighted by molar-refractivity contribution is 0.139. The summed E-state index contributed by atoms with van der Waals surface area (Å²) in [4.78, 5) is 9.61. The maximum Gasteiger partial charge on any atom is 0.191 e. The van der Waals surface area contributed by atoms with Gasteiger partial charge in [0.25, 0.3) is 0 Å². The van der Waals surface area contributed by atoms with Gasteiger partial charge in [0.15, 0.2) is 5.96 Å². The topological polar surface area (TPSA) is 42.9 Å². The van der Waals surface area contributed by atoms with Gasteiger partial charge < -0.3 is 15.5 Å². The van der Waals surface area contributed by atoms with Crippen molar-refractivity contribution in [1.29, 1.82) is 0 Å². The molecule has 0 aromatic carbocycles. The van der Waals surface area contributed by atoms with E-state index in [1.165, 1.54) is 51.9 Å². The van der Waals surface area contributed by atoms with Crippen LogP contribution >= 0.6 is 0 Å². The third-order valence-electron chi connectivity index (χ3n) is 5.70. The van der Waals surface area contributed by atoms with E-state index >= 15 is 0 Å². The number of piperidine rings is 2. The van der Waals surface area contributed by atoms with Gasteiger partial charge in [-0.15, -0.1) is 0 Å². The van der Waals surface area contributed by atoms with Crippen molar-refractivity contribution >= 4 is 5.96 Å². The number of hydrogen-bond donors (Lipinski definition) is 2. The maximum absolute atomic E-state index is 4.43. The van der Waals surface area contributed by atoms with Gasteiger partial charge in [-0.3, -0.25) is 9.89 Å². The number of rotatable bonds is 5. The number of likely N-dealkylation sites (tertiary alicyclic amines) is 2. The first-order valence-electron chi connectivity index (χ1n) is 9.95. The first-order chi connectivity index (χ1) is 11.5. The third kappa shape index (κ3) is 5.92. The molecule has 2 rings (SSSR count). The molecule has 2 aliphatic rings. The van der Waals surface area contributed by atoms with E-state index in [4.69, 9.17) is 0 Å². The number of nitrogens with one attached hydrogen (secondary N) is 2. The Kier molecular flexibility index (Phi) is 7.82. The minimum atomic E-state index is 0.552. The summed E-state index contributed by atoms with van der Waals surface area (Å²) in [6, 6.07) is 1.78. The van der Waals surface area contributed by atoms with Crippen molar-refractivity contribution in [2.45, 2.75) is 71.5 Å². The van der Waals surface area contributed by atoms with Crippen LogP contribution in [0.5, 0.6) is 0 Å². The third-order valence-corrected chi connectivity index (χ3v) is 5.70. The Morgan fingerprint density at radius 2 is 1.79 bits per heavy atom. The monoisotopic (exact) mass is 337 g/mol. The van der Waals surface area contributed by atoms with Gasteiger partial charge >= 0.3 is 0 Å². The lowest BCUT2D eigenvalue weighted by atomic mass is 9.99. The molecule has 0 saturated carbocycles. The molecular formula is C19H39N5. The first-order valence-corrected chi connectivity index (χ1v) is 9.95. The predicted molar refractivity (Wildman–Crippen MR) is 104 cm³/mol. The second-order valence-electron chi connectivity index (χ2n) is 8.09. The fourth-order valence-corrected chi connectivity index (χ4v) is 3.95. The molecule has 140 valence electrons. The molecule has 0 aromatic rings. The zero-order valence-corrected chi connectivity index (χ0v) is 16.5. The Balaban J connectivity index is 1.71. The molecule has 5 nitrogen and oxygen atoms in total. The van der Waals surface area contributed by atoms with Crippen molar-refractivity contribution in [3.63, 3.8) is 0 Å². The normalized spacial score (nSPS) is 26.6. The lowest BCUT2D eigenvalue weighted by Gasteiger charge is -2.37. The van der Waals surface area contributed by atoms with Gasteiger partial charge in [0.05, 0.1) is 0 Å². The Hall–Kier alpha value is -0.810. The summed E-state index contributed by atoms with van der Waals surface area (Å²) >= 11 is 0. The molecule has 2 aliphatic heterocycles. The van der Waals surface area contributed by atoms with Crippen LogP contribution in [-0.2, 0) is 0 Å². The highest BCUT2D eigenvalue weighted by atomic mass is 15.2. The van der Waals surface area contributed by atoms with Gasteiger partial charge in [-0.05, 0) is 58.9 Å². The van der Waals surface area contributed by atoms with Gasteiger partial charge in [0, 0.05) is 51.4 Å². The average Bonchev–Trinajstić information content (AvgIpc) is 2.58. The molecule has 0 spiro atoms. The van der Waals surface area contributed by atoms with Crippen LogP contribution in [0.2, 0.25) is 0 Å². The number of nitrogens with zero attached hydrogens (tertiary/aromatic N) is 3. The summed E-state index contributed by atoms with van der Waals surface area (Å²) in [5, 5.41) is 7.17. The fourth-order valence-electron chi connectivity index (χ4n) is 3.95. The van der Waals surface area contributed by atoms with Crippen molar-refractivity contribution in [1.82, 2.24) is 20.4 Å². The summed E-state index contributed by atoms with van der Waals surface area (Å²) in [5.74, 6) is 1.81. The highest BCUT2D eigenvalue weighted by molar-refractivity contribution is 5.80. The second-order valence-corrected chi connectivity index (χ2v) is 8.09. The Morgan fingerprint density at radius 1 is 1.08 bits per heavy atom. The summed E-state index contributed by atoms with van der Waals surface area (Å²) in [7, 11) is 1.88. The SMILES string of the molecule is CN=C(NCC(C)N1CCCC(C)C1)NC1CCN(C(C)C)CC1. The molecule has 0 radical (unpaired) electrons. The minimum Gasteiger partial charge on any atom is -0.355 e. The zero-order chi connectivity index (χ0) is 17.5. The van der Waals surface area contributed by atoms with Crippen molar-refractivity contribution in [3.05, 3.63) is 0 Å². The number of guanidine groups is 1. The molecule has 0 amide bonds. The molecule has 2 heterocycles. The molecule has 2 saturated heterocycles. The van der Waals surface area contributed by atoms with Gasteiger partial charge in [-0.1, -0.05) is 6.92 Å². The van der Waals surface area contributed by atoms with Crippen molar-refractivity contribution < 1.29 is 0 Å². The quantitative estimate of drug-likeness (QED) is 0.596. The average molecular weight is 338 g/mol. The van der Waals surface area contributed by atoms with E-state index in [-0.39, 0.29) is 0 Å². The van der Waals surface area contributed by atoms with Gasteiger partial charge in [-0.25, -0.2) is 0 Å². The molecule has 2 N–H and O–H groups in total. The number of hydrogen-bond acceptors (Lipinski definition) is 3. The molecular weight excluding hydrogens is 298 g/mol. The van der Waals surface area contributed by atoms with Gasteiger partial charge in [0.2, 0.25) is 0 Å². The van der Waals surface area contributed by atoms with Crippen LogP contribution in [0.1, 0.15) is 53.4 Å². The summed E-state index contributed by atoms with van der Waals surface area (Å²) in [6.45, 7) is 15.1. The molecule has 0 aromatic heterocycles. The van der Waals surface area contributed by atoms with E-state index in [2.05, 4.69) is 53.1 Å². The Bertz CT molecular complexity index is 387. The largest absolute Gasteiger partial charge is 0.355 e.